The summed E-state index contributed by atoms with van der Waals surface area (Å²) >= 11 is 0. The van der Waals surface area contributed by atoms with Gasteiger partial charge in [-0.2, -0.15) is 0 Å². The molecule has 0 bridgehead atoms. The van der Waals surface area contributed by atoms with Crippen molar-refractivity contribution in [1.82, 2.24) is 9.80 Å². The molecule has 1 heterocycles. The van der Waals surface area contributed by atoms with Crippen molar-refractivity contribution in [3.8, 4) is 5.75 Å². The maximum absolute atomic E-state index is 12.3. The van der Waals surface area contributed by atoms with Gasteiger partial charge in [0, 0.05) is 18.3 Å². The van der Waals surface area contributed by atoms with Crippen molar-refractivity contribution in [3.63, 3.8) is 0 Å². The van der Waals surface area contributed by atoms with E-state index < -0.39 is 5.97 Å². The Morgan fingerprint density at radius 2 is 2.00 bits per heavy atom. The summed E-state index contributed by atoms with van der Waals surface area (Å²) in [6.45, 7) is 4.61. The fourth-order valence-electron chi connectivity index (χ4n) is 3.28. The van der Waals surface area contributed by atoms with Gasteiger partial charge < -0.3 is 15.2 Å². The van der Waals surface area contributed by atoms with E-state index in [1.807, 2.05) is 43.1 Å². The predicted molar refractivity (Wildman–Crippen MR) is 101 cm³/mol. The second-order valence-electron chi connectivity index (χ2n) is 6.68. The minimum absolute atomic E-state index is 0.0356. The van der Waals surface area contributed by atoms with E-state index in [9.17, 15) is 9.59 Å². The van der Waals surface area contributed by atoms with Crippen LogP contribution in [0.15, 0.2) is 24.3 Å². The number of rotatable bonds is 8. The molecule has 2 rings (SSSR count). The molecule has 1 aromatic rings. The lowest BCUT2D eigenvalue weighted by molar-refractivity contribution is -0.138. The number of likely N-dealkylation sites (tertiary alicyclic amines) is 1. The van der Waals surface area contributed by atoms with Crippen LogP contribution < -0.4 is 10.1 Å². The number of ether oxygens (including phenoxy) is 1. The van der Waals surface area contributed by atoms with E-state index in [0.29, 0.717) is 13.2 Å². The highest BCUT2D eigenvalue weighted by Gasteiger charge is 2.22. The summed E-state index contributed by atoms with van der Waals surface area (Å²) < 4.78 is 5.39. The maximum atomic E-state index is 12.3. The molecule has 26 heavy (non-hydrogen) atoms. The smallest absolute Gasteiger partial charge is 0.317 e. The highest BCUT2D eigenvalue weighted by Crippen LogP contribution is 2.17. The number of anilines is 1. The van der Waals surface area contributed by atoms with Gasteiger partial charge in [0.25, 0.3) is 0 Å². The van der Waals surface area contributed by atoms with Gasteiger partial charge in [-0.1, -0.05) is 0 Å². The highest BCUT2D eigenvalue weighted by atomic mass is 16.5. The zero-order valence-corrected chi connectivity index (χ0v) is 15.6. The molecule has 1 aliphatic heterocycles. The molecule has 7 heteroatoms. The van der Waals surface area contributed by atoms with Gasteiger partial charge in [-0.25, -0.2) is 0 Å². The molecular formula is C19H29N3O4. The minimum Gasteiger partial charge on any atom is -0.494 e. The van der Waals surface area contributed by atoms with Crippen LogP contribution >= 0.6 is 0 Å². The first-order valence-electron chi connectivity index (χ1n) is 9.15. The molecule has 0 spiro atoms. The number of carboxylic acids is 1. The first kappa shape index (κ1) is 20.2. The van der Waals surface area contributed by atoms with Crippen molar-refractivity contribution in [2.75, 3.05) is 45.2 Å². The van der Waals surface area contributed by atoms with Crippen LogP contribution in [-0.2, 0) is 9.59 Å². The minimum atomic E-state index is -0.802. The number of hydrogen-bond acceptors (Lipinski definition) is 5. The fraction of sp³-hybridized carbons (Fsp3) is 0.579. The van der Waals surface area contributed by atoms with Crippen LogP contribution in [0.3, 0.4) is 0 Å². The molecule has 0 aliphatic carbocycles. The monoisotopic (exact) mass is 363 g/mol. The second kappa shape index (κ2) is 10.1. The lowest BCUT2D eigenvalue weighted by Gasteiger charge is -2.25. The van der Waals surface area contributed by atoms with Crippen molar-refractivity contribution in [2.24, 2.45) is 0 Å². The largest absolute Gasteiger partial charge is 0.494 e. The molecule has 1 saturated heterocycles. The number of nitrogens with zero attached hydrogens (tertiary/aromatic N) is 2. The molecule has 1 aromatic carbocycles. The number of amides is 1. The van der Waals surface area contributed by atoms with Crippen LogP contribution in [0.25, 0.3) is 0 Å². The molecular weight excluding hydrogens is 334 g/mol. The molecule has 1 aliphatic rings. The topological polar surface area (TPSA) is 82.1 Å². The Labute approximate surface area is 154 Å². The van der Waals surface area contributed by atoms with Gasteiger partial charge in [0.05, 0.1) is 19.7 Å². The lowest BCUT2D eigenvalue weighted by Crippen LogP contribution is -2.37. The van der Waals surface area contributed by atoms with E-state index in [4.69, 9.17) is 9.84 Å². The van der Waals surface area contributed by atoms with Gasteiger partial charge in [0.15, 0.2) is 0 Å². The second-order valence-corrected chi connectivity index (χ2v) is 6.68. The summed E-state index contributed by atoms with van der Waals surface area (Å²) in [5.41, 5.74) is 0.757. The van der Waals surface area contributed by atoms with E-state index in [1.54, 1.807) is 0 Å². The first-order valence-corrected chi connectivity index (χ1v) is 9.15. The Kier molecular flexibility index (Phi) is 7.87. The number of nitrogens with one attached hydrogen (secondary N) is 1. The molecule has 1 amide bonds. The Hall–Kier alpha value is -2.12. The third kappa shape index (κ3) is 6.65. The highest BCUT2D eigenvalue weighted by molar-refractivity contribution is 5.92. The molecule has 1 atom stereocenters. The molecule has 1 fully saturated rings. The molecule has 2 N–H and O–H groups in total. The van der Waals surface area contributed by atoms with Crippen LogP contribution in [0.2, 0.25) is 0 Å². The molecule has 0 radical (unpaired) electrons. The molecule has 144 valence electrons. The standard InChI is InChI=1S/C19H29N3O4/c1-3-26-17-8-6-15(7-9-17)20-18(23)13-22-11-4-5-16(10-12-22)21(2)14-19(24)25/h6-9,16H,3-5,10-14H2,1-2H3,(H,20,23)(H,24,25). The van der Waals surface area contributed by atoms with Gasteiger partial charge in [-0.05, 0) is 64.0 Å². The zero-order valence-electron chi connectivity index (χ0n) is 15.6. The summed E-state index contributed by atoms with van der Waals surface area (Å²) in [6, 6.07) is 7.61. The van der Waals surface area contributed by atoms with Crippen LogP contribution in [0.4, 0.5) is 5.69 Å². The van der Waals surface area contributed by atoms with Crippen LogP contribution in [0.1, 0.15) is 26.2 Å². The van der Waals surface area contributed by atoms with Crippen molar-refractivity contribution in [3.05, 3.63) is 24.3 Å². The van der Waals surface area contributed by atoms with Crippen LogP contribution in [0, 0.1) is 0 Å². The Morgan fingerprint density at radius 1 is 1.27 bits per heavy atom. The van der Waals surface area contributed by atoms with Crippen molar-refractivity contribution >= 4 is 17.6 Å². The maximum Gasteiger partial charge on any atom is 0.317 e. The number of benzene rings is 1. The summed E-state index contributed by atoms with van der Waals surface area (Å²) in [5.74, 6) is -0.0515. The van der Waals surface area contributed by atoms with Gasteiger partial charge in [-0.15, -0.1) is 0 Å². The van der Waals surface area contributed by atoms with Gasteiger partial charge in [-0.3, -0.25) is 19.4 Å². The average Bonchev–Trinajstić information content (AvgIpc) is 2.82. The number of carboxylic acid groups (broad SMARTS) is 1. The van der Waals surface area contributed by atoms with E-state index in [-0.39, 0.29) is 18.5 Å². The predicted octanol–water partition coefficient (Wildman–Crippen LogP) is 1.89. The van der Waals surface area contributed by atoms with Crippen LogP contribution in [-0.4, -0.2) is 72.7 Å². The van der Waals surface area contributed by atoms with Crippen molar-refractivity contribution in [2.45, 2.75) is 32.2 Å². The van der Waals surface area contributed by atoms with E-state index >= 15 is 0 Å². The molecule has 0 saturated carbocycles. The van der Waals surface area contributed by atoms with Gasteiger partial charge in [0.2, 0.25) is 5.91 Å². The Balaban J connectivity index is 1.79. The number of hydrogen-bond donors (Lipinski definition) is 2. The summed E-state index contributed by atoms with van der Waals surface area (Å²) in [4.78, 5) is 27.2. The summed E-state index contributed by atoms with van der Waals surface area (Å²) in [7, 11) is 1.85. The Morgan fingerprint density at radius 3 is 2.65 bits per heavy atom. The zero-order chi connectivity index (χ0) is 18.9. The van der Waals surface area contributed by atoms with Crippen molar-refractivity contribution < 1.29 is 19.4 Å². The van der Waals surface area contributed by atoms with Crippen molar-refractivity contribution in [1.29, 1.82) is 0 Å². The summed E-state index contributed by atoms with van der Waals surface area (Å²) in [6.07, 6.45) is 2.80. The first-order chi connectivity index (χ1) is 12.5. The van der Waals surface area contributed by atoms with Gasteiger partial charge in [0.1, 0.15) is 5.75 Å². The normalized spacial score (nSPS) is 18.3. The lowest BCUT2D eigenvalue weighted by atomic mass is 10.1. The number of carbonyl (C=O) groups is 2. The third-order valence-electron chi connectivity index (χ3n) is 4.61. The quantitative estimate of drug-likeness (QED) is 0.734. The SMILES string of the molecule is CCOc1ccc(NC(=O)CN2CCCC(N(C)CC(=O)O)CC2)cc1. The number of aliphatic carboxylic acids is 1. The molecule has 0 aromatic heterocycles. The third-order valence-corrected chi connectivity index (χ3v) is 4.61. The fourth-order valence-corrected chi connectivity index (χ4v) is 3.28. The molecule has 1 unspecified atom stereocenters. The average molecular weight is 363 g/mol. The van der Waals surface area contributed by atoms with E-state index in [0.717, 1.165) is 43.8 Å². The van der Waals surface area contributed by atoms with E-state index in [1.165, 1.54) is 0 Å². The van der Waals surface area contributed by atoms with E-state index in [2.05, 4.69) is 10.2 Å². The van der Waals surface area contributed by atoms with Crippen LogP contribution in [0.5, 0.6) is 5.75 Å². The number of likely N-dealkylation sites (N-methyl/N-ethyl adjacent to an activating group) is 1. The summed E-state index contributed by atoms with van der Waals surface area (Å²) in [5, 5.41) is 11.8. The van der Waals surface area contributed by atoms with Gasteiger partial charge >= 0.3 is 5.97 Å². The molecule has 7 nitrogen and oxygen atoms in total. The number of carbonyl (C=O) groups excluding carboxylic acids is 1. The Bertz CT molecular complexity index is 591.